The molecule has 0 unspecified atom stereocenters. The van der Waals surface area contributed by atoms with Crippen LogP contribution in [-0.2, 0) is 0 Å². The number of nitrogens with zero attached hydrogens (tertiary/aromatic N) is 2. The fraction of sp³-hybridized carbons (Fsp3) is 0.0400. The first-order valence-corrected chi connectivity index (χ1v) is 10.3. The SMILES string of the molecule is Cc1onc(-c2ccc(F)cc2)c1C(=O)NNC(=O)c1cc(-c2ccco2)nc2ccccc12. The van der Waals surface area contributed by atoms with Gasteiger partial charge in [0.1, 0.15) is 28.5 Å². The van der Waals surface area contributed by atoms with E-state index in [1.54, 1.807) is 43.3 Å². The lowest BCUT2D eigenvalue weighted by molar-refractivity contribution is 0.0847. The standard InChI is InChI=1S/C25H17FN4O4/c1-14-22(23(30-34-14)15-8-10-16(26)11-9-15)25(32)29-28-24(31)18-13-20(21-7-4-12-33-21)27-19-6-3-2-5-17(18)19/h2-13H,1H3,(H,28,31)(H,29,32). The summed E-state index contributed by atoms with van der Waals surface area (Å²) in [6, 6.07) is 17.7. The number of fused-ring (bicyclic) bond motifs is 1. The summed E-state index contributed by atoms with van der Waals surface area (Å²) in [6.45, 7) is 1.57. The molecule has 9 heteroatoms. The van der Waals surface area contributed by atoms with Crippen LogP contribution in [0, 0.1) is 12.7 Å². The Morgan fingerprint density at radius 1 is 0.941 bits per heavy atom. The van der Waals surface area contributed by atoms with E-state index in [1.807, 2.05) is 6.07 Å². The molecule has 0 saturated heterocycles. The minimum Gasteiger partial charge on any atom is -0.463 e. The highest BCUT2D eigenvalue weighted by Crippen LogP contribution is 2.26. The van der Waals surface area contributed by atoms with E-state index in [-0.39, 0.29) is 17.0 Å². The number of carbonyl (C=O) groups is 2. The van der Waals surface area contributed by atoms with Gasteiger partial charge in [-0.3, -0.25) is 20.4 Å². The van der Waals surface area contributed by atoms with Crippen LogP contribution >= 0.6 is 0 Å². The number of furan rings is 1. The van der Waals surface area contributed by atoms with Crippen LogP contribution in [0.5, 0.6) is 0 Å². The van der Waals surface area contributed by atoms with E-state index in [0.29, 0.717) is 33.5 Å². The maximum atomic E-state index is 13.3. The molecule has 2 aromatic carbocycles. The molecule has 2 amide bonds. The fourth-order valence-electron chi connectivity index (χ4n) is 3.60. The first-order chi connectivity index (χ1) is 16.5. The second-order valence-electron chi connectivity index (χ2n) is 7.43. The molecular formula is C25H17FN4O4. The molecule has 5 aromatic rings. The highest BCUT2D eigenvalue weighted by atomic mass is 19.1. The van der Waals surface area contributed by atoms with Crippen molar-refractivity contribution >= 4 is 22.7 Å². The van der Waals surface area contributed by atoms with Gasteiger partial charge in [-0.1, -0.05) is 23.4 Å². The topological polar surface area (TPSA) is 110 Å². The molecule has 0 saturated carbocycles. The number of para-hydroxylation sites is 1. The number of aryl methyl sites for hydroxylation is 1. The summed E-state index contributed by atoms with van der Waals surface area (Å²) in [6.07, 6.45) is 1.52. The molecule has 3 heterocycles. The van der Waals surface area contributed by atoms with Crippen molar-refractivity contribution < 1.29 is 22.9 Å². The Morgan fingerprint density at radius 2 is 1.71 bits per heavy atom. The van der Waals surface area contributed by atoms with Gasteiger partial charge in [0.15, 0.2) is 5.76 Å². The van der Waals surface area contributed by atoms with Crippen LogP contribution in [0.1, 0.15) is 26.5 Å². The Bertz CT molecular complexity index is 1510. The van der Waals surface area contributed by atoms with Gasteiger partial charge in [0.2, 0.25) is 0 Å². The fourth-order valence-corrected chi connectivity index (χ4v) is 3.60. The zero-order chi connectivity index (χ0) is 23.7. The second kappa shape index (κ2) is 8.62. The third-order valence-electron chi connectivity index (χ3n) is 5.23. The maximum absolute atomic E-state index is 13.3. The number of pyridine rings is 1. The molecule has 0 spiro atoms. The van der Waals surface area contributed by atoms with Gasteiger partial charge >= 0.3 is 0 Å². The zero-order valence-corrected chi connectivity index (χ0v) is 17.8. The largest absolute Gasteiger partial charge is 0.463 e. The molecule has 0 fully saturated rings. The number of amides is 2. The van der Waals surface area contributed by atoms with Gasteiger partial charge in [-0.25, -0.2) is 9.37 Å². The smallest absolute Gasteiger partial charge is 0.275 e. The molecule has 0 atom stereocenters. The van der Waals surface area contributed by atoms with Crippen molar-refractivity contribution in [3.8, 4) is 22.7 Å². The highest BCUT2D eigenvalue weighted by molar-refractivity contribution is 6.08. The third-order valence-corrected chi connectivity index (χ3v) is 5.23. The quantitative estimate of drug-likeness (QED) is 0.380. The molecule has 0 bridgehead atoms. The Morgan fingerprint density at radius 3 is 2.47 bits per heavy atom. The number of hydrazine groups is 1. The van der Waals surface area contributed by atoms with Crippen molar-refractivity contribution in [3.63, 3.8) is 0 Å². The van der Waals surface area contributed by atoms with Gasteiger partial charge in [0.25, 0.3) is 11.8 Å². The highest BCUT2D eigenvalue weighted by Gasteiger charge is 2.23. The van der Waals surface area contributed by atoms with E-state index >= 15 is 0 Å². The average molecular weight is 456 g/mol. The van der Waals surface area contributed by atoms with Gasteiger partial charge in [-0.2, -0.15) is 0 Å². The number of hydrogen-bond donors (Lipinski definition) is 2. The summed E-state index contributed by atoms with van der Waals surface area (Å²) in [5, 5.41) is 4.52. The van der Waals surface area contributed by atoms with Crippen LogP contribution in [0.4, 0.5) is 4.39 Å². The number of rotatable bonds is 4. The lowest BCUT2D eigenvalue weighted by Gasteiger charge is -2.11. The van der Waals surface area contributed by atoms with Crippen molar-refractivity contribution in [1.29, 1.82) is 0 Å². The molecule has 34 heavy (non-hydrogen) atoms. The van der Waals surface area contributed by atoms with E-state index in [1.165, 1.54) is 30.5 Å². The zero-order valence-electron chi connectivity index (χ0n) is 17.8. The van der Waals surface area contributed by atoms with Crippen molar-refractivity contribution in [2.45, 2.75) is 6.92 Å². The van der Waals surface area contributed by atoms with Crippen LogP contribution < -0.4 is 10.9 Å². The van der Waals surface area contributed by atoms with E-state index in [0.717, 1.165) is 0 Å². The van der Waals surface area contributed by atoms with Gasteiger partial charge < -0.3 is 8.94 Å². The van der Waals surface area contributed by atoms with Crippen molar-refractivity contribution in [3.05, 3.63) is 95.7 Å². The van der Waals surface area contributed by atoms with E-state index < -0.39 is 17.6 Å². The average Bonchev–Trinajstić information content (AvgIpc) is 3.52. The Kier molecular flexibility index (Phi) is 5.35. The molecule has 0 radical (unpaired) electrons. The van der Waals surface area contributed by atoms with Gasteiger partial charge in [0, 0.05) is 10.9 Å². The molecule has 0 aliphatic heterocycles. The molecule has 8 nitrogen and oxygen atoms in total. The number of nitrogens with one attached hydrogen (secondary N) is 2. The number of hydrogen-bond acceptors (Lipinski definition) is 6. The molecule has 168 valence electrons. The Labute approximate surface area is 192 Å². The predicted octanol–water partition coefficient (Wildman–Crippen LogP) is 4.67. The summed E-state index contributed by atoms with van der Waals surface area (Å²) in [5.74, 6) is -0.831. The molecule has 3 aromatic heterocycles. The lowest BCUT2D eigenvalue weighted by atomic mass is 10.1. The van der Waals surface area contributed by atoms with Gasteiger partial charge in [0.05, 0.1) is 17.3 Å². The first-order valence-electron chi connectivity index (χ1n) is 10.3. The number of aromatic nitrogens is 2. The number of benzene rings is 2. The lowest BCUT2D eigenvalue weighted by Crippen LogP contribution is -2.42. The van der Waals surface area contributed by atoms with Crippen LogP contribution in [0.15, 0.2) is 81.9 Å². The van der Waals surface area contributed by atoms with Crippen LogP contribution in [0.25, 0.3) is 33.6 Å². The van der Waals surface area contributed by atoms with Gasteiger partial charge in [-0.05, 0) is 55.5 Å². The minimum absolute atomic E-state index is 0.128. The molecular weight excluding hydrogens is 439 g/mol. The monoisotopic (exact) mass is 456 g/mol. The molecule has 5 rings (SSSR count). The normalized spacial score (nSPS) is 10.9. The summed E-state index contributed by atoms with van der Waals surface area (Å²) >= 11 is 0. The van der Waals surface area contributed by atoms with Crippen LogP contribution in [-0.4, -0.2) is 22.0 Å². The number of halogens is 1. The second-order valence-corrected chi connectivity index (χ2v) is 7.43. The third kappa shape index (κ3) is 3.90. The Balaban J connectivity index is 1.42. The number of carbonyl (C=O) groups excluding carboxylic acids is 2. The van der Waals surface area contributed by atoms with Crippen LogP contribution in [0.3, 0.4) is 0 Å². The van der Waals surface area contributed by atoms with Crippen LogP contribution in [0.2, 0.25) is 0 Å². The predicted molar refractivity (Wildman–Crippen MR) is 121 cm³/mol. The maximum Gasteiger partial charge on any atom is 0.275 e. The molecule has 0 aliphatic carbocycles. The van der Waals surface area contributed by atoms with Gasteiger partial charge in [-0.15, -0.1) is 0 Å². The summed E-state index contributed by atoms with van der Waals surface area (Å²) in [7, 11) is 0. The van der Waals surface area contributed by atoms with Crippen molar-refractivity contribution in [2.24, 2.45) is 0 Å². The van der Waals surface area contributed by atoms with E-state index in [4.69, 9.17) is 8.94 Å². The summed E-state index contributed by atoms with van der Waals surface area (Å²) < 4.78 is 23.9. The summed E-state index contributed by atoms with van der Waals surface area (Å²) in [5.41, 5.74) is 7.09. The Hall–Kier alpha value is -4.79. The van der Waals surface area contributed by atoms with E-state index in [9.17, 15) is 14.0 Å². The van der Waals surface area contributed by atoms with Crippen molar-refractivity contribution in [2.75, 3.05) is 0 Å². The van der Waals surface area contributed by atoms with Crippen molar-refractivity contribution in [1.82, 2.24) is 21.0 Å². The van der Waals surface area contributed by atoms with E-state index in [2.05, 4.69) is 21.0 Å². The minimum atomic E-state index is -0.629. The molecule has 2 N–H and O–H groups in total. The first kappa shape index (κ1) is 21.1. The molecule has 0 aliphatic rings. The summed E-state index contributed by atoms with van der Waals surface area (Å²) in [4.78, 5) is 30.5.